The van der Waals surface area contributed by atoms with E-state index in [-0.39, 0.29) is 5.88 Å². The topological polar surface area (TPSA) is 0 Å². The van der Waals surface area contributed by atoms with E-state index in [9.17, 15) is 0 Å². The first-order valence-corrected chi connectivity index (χ1v) is 5.01. The van der Waals surface area contributed by atoms with Crippen molar-refractivity contribution in [2.75, 3.05) is 5.88 Å². The molecule has 0 aromatic heterocycles. The average molecular weight is 254 g/mol. The molecule has 0 aliphatic heterocycles. The van der Waals surface area contributed by atoms with Crippen LogP contribution in [-0.4, -0.2) is 5.88 Å². The van der Waals surface area contributed by atoms with E-state index in [2.05, 4.69) is 11.8 Å². The van der Waals surface area contributed by atoms with Gasteiger partial charge in [-0.05, 0) is 12.1 Å². The summed E-state index contributed by atoms with van der Waals surface area (Å²) >= 11 is 22.8. The molecule has 4 heteroatoms. The average Bonchev–Trinajstić information content (AvgIpc) is 2.09. The Kier molecular flexibility index (Phi) is 4.22. The van der Waals surface area contributed by atoms with Gasteiger partial charge in [0, 0.05) is 5.56 Å². The lowest BCUT2D eigenvalue weighted by Crippen LogP contribution is -1.79. The van der Waals surface area contributed by atoms with Crippen molar-refractivity contribution >= 4 is 46.4 Å². The second-order valence-electron chi connectivity index (χ2n) is 2.18. The summed E-state index contributed by atoms with van der Waals surface area (Å²) in [6.45, 7) is 0. The molecule has 1 aromatic carbocycles. The Morgan fingerprint density at radius 2 is 1.62 bits per heavy atom. The highest BCUT2D eigenvalue weighted by Crippen LogP contribution is 2.28. The van der Waals surface area contributed by atoms with Crippen LogP contribution >= 0.6 is 46.4 Å². The number of rotatable bonds is 0. The lowest BCUT2D eigenvalue weighted by atomic mass is 10.2. The molecule has 0 saturated carbocycles. The molecule has 0 N–H and O–H groups in total. The van der Waals surface area contributed by atoms with Gasteiger partial charge in [0.05, 0.1) is 20.9 Å². The first-order chi connectivity index (χ1) is 6.15. The summed E-state index contributed by atoms with van der Waals surface area (Å²) in [4.78, 5) is 0. The van der Waals surface area contributed by atoms with E-state index >= 15 is 0 Å². The highest BCUT2D eigenvalue weighted by Gasteiger charge is 2.03. The Hall–Kier alpha value is -0.0600. The lowest BCUT2D eigenvalue weighted by Gasteiger charge is -1.98. The van der Waals surface area contributed by atoms with Crippen LogP contribution < -0.4 is 0 Å². The largest absolute Gasteiger partial charge is 0.113 e. The van der Waals surface area contributed by atoms with Crippen LogP contribution in [0.3, 0.4) is 0 Å². The molecule has 0 radical (unpaired) electrons. The minimum atomic E-state index is 0.260. The number of hydrogen-bond donors (Lipinski definition) is 0. The Bertz CT molecular complexity index is 373. The molecule has 0 heterocycles. The molecule has 0 saturated heterocycles. The van der Waals surface area contributed by atoms with Crippen LogP contribution in [0.25, 0.3) is 0 Å². The van der Waals surface area contributed by atoms with Crippen molar-refractivity contribution in [2.24, 2.45) is 0 Å². The number of alkyl halides is 1. The van der Waals surface area contributed by atoms with Crippen LogP contribution in [0.4, 0.5) is 0 Å². The quantitative estimate of drug-likeness (QED) is 0.369. The van der Waals surface area contributed by atoms with E-state index < -0.39 is 0 Å². The summed E-state index contributed by atoms with van der Waals surface area (Å²) in [6, 6.07) is 3.18. The highest BCUT2D eigenvalue weighted by molar-refractivity contribution is 6.43. The molecule has 0 fully saturated rings. The molecule has 0 aliphatic carbocycles. The van der Waals surface area contributed by atoms with Gasteiger partial charge in [-0.15, -0.1) is 11.6 Å². The van der Waals surface area contributed by atoms with Crippen LogP contribution in [0, 0.1) is 11.8 Å². The van der Waals surface area contributed by atoms with Gasteiger partial charge in [-0.1, -0.05) is 46.6 Å². The molecular formula is C9H4Cl4. The van der Waals surface area contributed by atoms with Crippen LogP contribution in [-0.2, 0) is 0 Å². The Morgan fingerprint density at radius 3 is 2.23 bits per heavy atom. The van der Waals surface area contributed by atoms with E-state index in [0.29, 0.717) is 20.6 Å². The highest BCUT2D eigenvalue weighted by atomic mass is 35.5. The zero-order valence-electron chi connectivity index (χ0n) is 6.37. The third-order valence-electron chi connectivity index (χ3n) is 1.30. The summed E-state index contributed by atoms with van der Waals surface area (Å²) in [7, 11) is 0. The van der Waals surface area contributed by atoms with Crippen LogP contribution in [0.2, 0.25) is 15.1 Å². The number of hydrogen-bond acceptors (Lipinski definition) is 0. The van der Waals surface area contributed by atoms with E-state index in [1.165, 1.54) is 0 Å². The third kappa shape index (κ3) is 2.97. The van der Waals surface area contributed by atoms with Gasteiger partial charge in [0.15, 0.2) is 0 Å². The summed E-state index contributed by atoms with van der Waals surface area (Å²) in [5, 5.41) is 1.33. The Labute approximate surface area is 96.7 Å². The molecule has 0 spiro atoms. The monoisotopic (exact) mass is 252 g/mol. The molecule has 0 nitrogen and oxygen atoms in total. The molecule has 68 valence electrons. The summed E-state index contributed by atoms with van der Waals surface area (Å²) in [5.74, 6) is 5.72. The molecule has 0 unspecified atom stereocenters. The van der Waals surface area contributed by atoms with Crippen LogP contribution in [0.15, 0.2) is 12.1 Å². The smallest absolute Gasteiger partial charge is 0.0839 e. The minimum absolute atomic E-state index is 0.260. The van der Waals surface area contributed by atoms with E-state index in [1.54, 1.807) is 12.1 Å². The third-order valence-corrected chi connectivity index (χ3v) is 2.47. The van der Waals surface area contributed by atoms with Gasteiger partial charge < -0.3 is 0 Å². The zero-order chi connectivity index (χ0) is 9.84. The first kappa shape index (κ1) is 11.0. The minimum Gasteiger partial charge on any atom is -0.113 e. The van der Waals surface area contributed by atoms with Crippen molar-refractivity contribution < 1.29 is 0 Å². The van der Waals surface area contributed by atoms with Crippen LogP contribution in [0.5, 0.6) is 0 Å². The predicted octanol–water partition coefficient (Wildman–Crippen LogP) is 4.24. The maximum Gasteiger partial charge on any atom is 0.0839 e. The lowest BCUT2D eigenvalue weighted by molar-refractivity contribution is 1.64. The second-order valence-corrected chi connectivity index (χ2v) is 3.67. The van der Waals surface area contributed by atoms with Crippen molar-refractivity contribution in [3.05, 3.63) is 32.8 Å². The summed E-state index contributed by atoms with van der Waals surface area (Å²) in [5.41, 5.74) is 0.636. The van der Waals surface area contributed by atoms with Gasteiger partial charge in [0.25, 0.3) is 0 Å². The van der Waals surface area contributed by atoms with Crippen molar-refractivity contribution in [2.45, 2.75) is 0 Å². The van der Waals surface area contributed by atoms with Gasteiger partial charge >= 0.3 is 0 Å². The first-order valence-electron chi connectivity index (χ1n) is 3.34. The van der Waals surface area contributed by atoms with E-state index in [0.717, 1.165) is 0 Å². The SMILES string of the molecule is ClCC#Cc1cc(Cl)c(Cl)cc1Cl. The fourth-order valence-electron chi connectivity index (χ4n) is 0.747. The maximum absolute atomic E-state index is 5.85. The van der Waals surface area contributed by atoms with Gasteiger partial charge in [0.1, 0.15) is 0 Å². The number of halogens is 4. The van der Waals surface area contributed by atoms with Gasteiger partial charge in [-0.25, -0.2) is 0 Å². The van der Waals surface area contributed by atoms with Crippen molar-refractivity contribution in [1.29, 1.82) is 0 Å². The summed E-state index contributed by atoms with van der Waals surface area (Å²) in [6.07, 6.45) is 0. The summed E-state index contributed by atoms with van der Waals surface area (Å²) < 4.78 is 0. The van der Waals surface area contributed by atoms with Crippen molar-refractivity contribution in [1.82, 2.24) is 0 Å². The standard InChI is InChI=1S/C9H4Cl4/c10-3-1-2-6-4-8(12)9(13)5-7(6)11/h4-5H,3H2. The van der Waals surface area contributed by atoms with E-state index in [4.69, 9.17) is 46.4 Å². The predicted molar refractivity (Wildman–Crippen MR) is 59.1 cm³/mol. The molecule has 0 atom stereocenters. The molecule has 0 aliphatic rings. The van der Waals surface area contributed by atoms with Crippen molar-refractivity contribution in [3.8, 4) is 11.8 Å². The van der Waals surface area contributed by atoms with Gasteiger partial charge in [-0.3, -0.25) is 0 Å². The normalized spacial score (nSPS) is 9.23. The molecular weight excluding hydrogens is 250 g/mol. The fraction of sp³-hybridized carbons (Fsp3) is 0.111. The van der Waals surface area contributed by atoms with Gasteiger partial charge in [0.2, 0.25) is 0 Å². The maximum atomic E-state index is 5.85. The fourth-order valence-corrected chi connectivity index (χ4v) is 1.41. The molecule has 1 aromatic rings. The number of benzene rings is 1. The molecule has 0 bridgehead atoms. The zero-order valence-corrected chi connectivity index (χ0v) is 9.40. The van der Waals surface area contributed by atoms with Crippen molar-refractivity contribution in [3.63, 3.8) is 0 Å². The second kappa shape index (κ2) is 4.98. The van der Waals surface area contributed by atoms with E-state index in [1.807, 2.05) is 0 Å². The Morgan fingerprint density at radius 1 is 1.00 bits per heavy atom. The van der Waals surface area contributed by atoms with Crippen LogP contribution in [0.1, 0.15) is 5.56 Å². The molecule has 0 amide bonds. The Balaban J connectivity index is 3.16. The molecule has 1 rings (SSSR count). The van der Waals surface area contributed by atoms with Gasteiger partial charge in [-0.2, -0.15) is 0 Å². The molecule has 13 heavy (non-hydrogen) atoms.